The lowest BCUT2D eigenvalue weighted by molar-refractivity contribution is 0.359. The molecule has 1 atom stereocenters. The van der Waals surface area contributed by atoms with Crippen molar-refractivity contribution < 1.29 is 4.74 Å². The topological polar surface area (TPSA) is 68.1 Å². The number of nitrogens with one attached hydrogen (secondary N) is 1. The van der Waals surface area contributed by atoms with Crippen LogP contribution in [0.25, 0.3) is 0 Å². The number of nitrogens with zero attached hydrogens (tertiary/aromatic N) is 5. The Kier molecular flexibility index (Phi) is 5.66. The third kappa shape index (κ3) is 3.78. The van der Waals surface area contributed by atoms with Gasteiger partial charge in [0, 0.05) is 6.54 Å². The summed E-state index contributed by atoms with van der Waals surface area (Å²) in [5, 5.41) is 7.89. The van der Waals surface area contributed by atoms with Gasteiger partial charge in [-0.1, -0.05) is 6.92 Å². The largest absolute Gasteiger partial charge is 0.493 e. The van der Waals surface area contributed by atoms with Gasteiger partial charge in [-0.3, -0.25) is 4.68 Å². The minimum absolute atomic E-state index is 0.0617. The van der Waals surface area contributed by atoms with E-state index in [0.717, 1.165) is 36.8 Å². The molecule has 0 fully saturated rings. The lowest BCUT2D eigenvalue weighted by Crippen LogP contribution is -2.27. The van der Waals surface area contributed by atoms with Crippen LogP contribution in [0.2, 0.25) is 0 Å². The summed E-state index contributed by atoms with van der Waals surface area (Å²) in [5.41, 5.74) is 1.89. The van der Waals surface area contributed by atoms with Crippen LogP contribution in [-0.2, 0) is 6.54 Å². The van der Waals surface area contributed by atoms with E-state index in [4.69, 9.17) is 4.74 Å². The van der Waals surface area contributed by atoms with Gasteiger partial charge in [0.2, 0.25) is 0 Å². The monoisotopic (exact) mass is 310 g/mol. The van der Waals surface area contributed by atoms with E-state index >= 15 is 0 Å². The SMILES string of the molecule is CCNC(c1cnsn1)c1c(OC)cnn1CCN(C)C. The summed E-state index contributed by atoms with van der Waals surface area (Å²) >= 11 is 1.21. The van der Waals surface area contributed by atoms with Gasteiger partial charge in [0.15, 0.2) is 5.75 Å². The predicted molar refractivity (Wildman–Crippen MR) is 82.8 cm³/mol. The molecule has 0 radical (unpaired) electrons. The lowest BCUT2D eigenvalue weighted by atomic mass is 10.1. The number of methoxy groups -OCH3 is 1. The van der Waals surface area contributed by atoms with E-state index in [9.17, 15) is 0 Å². The van der Waals surface area contributed by atoms with Crippen molar-refractivity contribution in [3.8, 4) is 5.75 Å². The number of likely N-dealkylation sites (N-methyl/N-ethyl adjacent to an activating group) is 1. The Bertz CT molecular complexity index is 539. The molecule has 2 heterocycles. The fourth-order valence-corrected chi connectivity index (χ4v) is 2.59. The molecule has 0 aromatic carbocycles. The first-order chi connectivity index (χ1) is 10.2. The molecule has 0 bridgehead atoms. The lowest BCUT2D eigenvalue weighted by Gasteiger charge is -2.19. The van der Waals surface area contributed by atoms with Crippen molar-refractivity contribution in [2.75, 3.05) is 34.3 Å². The Morgan fingerprint density at radius 1 is 1.43 bits per heavy atom. The normalized spacial score (nSPS) is 12.8. The second-order valence-electron chi connectivity index (χ2n) is 4.95. The number of aromatic nitrogens is 4. The molecule has 1 N–H and O–H groups in total. The number of ether oxygens (including phenoxy) is 1. The zero-order valence-corrected chi connectivity index (χ0v) is 13.7. The smallest absolute Gasteiger partial charge is 0.161 e. The molecular formula is C13H22N6OS. The minimum Gasteiger partial charge on any atom is -0.493 e. The summed E-state index contributed by atoms with van der Waals surface area (Å²) in [7, 11) is 5.76. The highest BCUT2D eigenvalue weighted by Gasteiger charge is 2.25. The van der Waals surface area contributed by atoms with Crippen LogP contribution >= 0.6 is 11.7 Å². The standard InChI is InChI=1S/C13H22N6OS/c1-5-14-12(10-8-16-21-17-10)13-11(20-4)9-15-19(13)7-6-18(2)3/h8-9,12,14H,5-7H2,1-4H3. The fraction of sp³-hybridized carbons (Fsp3) is 0.615. The van der Waals surface area contributed by atoms with Gasteiger partial charge in [-0.15, -0.1) is 0 Å². The molecule has 2 rings (SSSR count). The zero-order valence-electron chi connectivity index (χ0n) is 12.9. The molecule has 116 valence electrons. The quantitative estimate of drug-likeness (QED) is 0.785. The fourth-order valence-electron chi connectivity index (χ4n) is 2.14. The third-order valence-corrected chi connectivity index (χ3v) is 3.67. The average molecular weight is 310 g/mol. The highest BCUT2D eigenvalue weighted by molar-refractivity contribution is 6.99. The van der Waals surface area contributed by atoms with E-state index in [2.05, 4.69) is 31.0 Å². The van der Waals surface area contributed by atoms with Gasteiger partial charge in [-0.05, 0) is 20.6 Å². The Hall–Kier alpha value is -1.51. The molecule has 2 aromatic rings. The molecule has 0 amide bonds. The summed E-state index contributed by atoms with van der Waals surface area (Å²) in [5.74, 6) is 0.771. The summed E-state index contributed by atoms with van der Waals surface area (Å²) < 4.78 is 15.9. The van der Waals surface area contributed by atoms with E-state index in [1.807, 2.05) is 18.8 Å². The van der Waals surface area contributed by atoms with Crippen LogP contribution in [-0.4, -0.2) is 57.7 Å². The minimum atomic E-state index is -0.0617. The van der Waals surface area contributed by atoms with Crippen molar-refractivity contribution in [2.45, 2.75) is 19.5 Å². The second-order valence-corrected chi connectivity index (χ2v) is 5.50. The maximum Gasteiger partial charge on any atom is 0.161 e. The van der Waals surface area contributed by atoms with Gasteiger partial charge >= 0.3 is 0 Å². The zero-order chi connectivity index (χ0) is 15.2. The van der Waals surface area contributed by atoms with Crippen LogP contribution in [0.1, 0.15) is 24.4 Å². The molecule has 0 aliphatic carbocycles. The number of rotatable bonds is 8. The van der Waals surface area contributed by atoms with Crippen LogP contribution < -0.4 is 10.1 Å². The van der Waals surface area contributed by atoms with Crippen molar-refractivity contribution >= 4 is 11.7 Å². The molecular weight excluding hydrogens is 288 g/mol. The highest BCUT2D eigenvalue weighted by Crippen LogP contribution is 2.29. The molecule has 0 aliphatic rings. The summed E-state index contributed by atoms with van der Waals surface area (Å²) in [4.78, 5) is 2.13. The van der Waals surface area contributed by atoms with E-state index in [1.165, 1.54) is 11.7 Å². The molecule has 0 saturated heterocycles. The van der Waals surface area contributed by atoms with Crippen LogP contribution in [0.4, 0.5) is 0 Å². The first-order valence-electron chi connectivity index (χ1n) is 6.92. The summed E-state index contributed by atoms with van der Waals surface area (Å²) in [6.07, 6.45) is 3.55. The molecule has 21 heavy (non-hydrogen) atoms. The van der Waals surface area contributed by atoms with Crippen LogP contribution in [0.3, 0.4) is 0 Å². The van der Waals surface area contributed by atoms with Crippen LogP contribution in [0, 0.1) is 0 Å². The van der Waals surface area contributed by atoms with Crippen molar-refractivity contribution in [1.29, 1.82) is 0 Å². The van der Waals surface area contributed by atoms with Gasteiger partial charge in [-0.25, -0.2) is 0 Å². The van der Waals surface area contributed by atoms with Gasteiger partial charge < -0.3 is 15.0 Å². The van der Waals surface area contributed by atoms with E-state index in [1.54, 1.807) is 19.5 Å². The van der Waals surface area contributed by atoms with Crippen LogP contribution in [0.15, 0.2) is 12.4 Å². The average Bonchev–Trinajstić information content (AvgIpc) is 3.11. The van der Waals surface area contributed by atoms with Crippen LogP contribution in [0.5, 0.6) is 5.75 Å². The Morgan fingerprint density at radius 3 is 2.81 bits per heavy atom. The molecule has 0 saturated carbocycles. The Labute approximate surface area is 129 Å². The molecule has 0 aliphatic heterocycles. The van der Waals surface area contributed by atoms with E-state index < -0.39 is 0 Å². The first-order valence-corrected chi connectivity index (χ1v) is 7.65. The van der Waals surface area contributed by atoms with Gasteiger partial charge in [0.25, 0.3) is 0 Å². The van der Waals surface area contributed by atoms with E-state index in [0.29, 0.717) is 0 Å². The maximum atomic E-state index is 5.48. The summed E-state index contributed by atoms with van der Waals surface area (Å²) in [6.45, 7) is 4.60. The maximum absolute atomic E-state index is 5.48. The molecule has 8 heteroatoms. The number of hydrogen-bond donors (Lipinski definition) is 1. The number of hydrogen-bond acceptors (Lipinski definition) is 7. The van der Waals surface area contributed by atoms with Crippen molar-refractivity contribution in [1.82, 2.24) is 28.7 Å². The van der Waals surface area contributed by atoms with Gasteiger partial charge in [-0.2, -0.15) is 13.8 Å². The predicted octanol–water partition coefficient (Wildman–Crippen LogP) is 1.00. The molecule has 7 nitrogen and oxygen atoms in total. The van der Waals surface area contributed by atoms with E-state index in [-0.39, 0.29) is 6.04 Å². The van der Waals surface area contributed by atoms with Crippen molar-refractivity contribution in [3.63, 3.8) is 0 Å². The van der Waals surface area contributed by atoms with Gasteiger partial charge in [0.1, 0.15) is 5.69 Å². The van der Waals surface area contributed by atoms with Crippen molar-refractivity contribution in [3.05, 3.63) is 23.8 Å². The third-order valence-electron chi connectivity index (χ3n) is 3.18. The van der Waals surface area contributed by atoms with Gasteiger partial charge in [0.05, 0.1) is 49.5 Å². The molecule has 0 spiro atoms. The molecule has 2 aromatic heterocycles. The Morgan fingerprint density at radius 2 is 2.24 bits per heavy atom. The van der Waals surface area contributed by atoms with Crippen molar-refractivity contribution in [2.24, 2.45) is 0 Å². The highest BCUT2D eigenvalue weighted by atomic mass is 32.1. The second kappa shape index (κ2) is 7.48. The molecule has 1 unspecified atom stereocenters. The Balaban J connectivity index is 2.35. The first kappa shape index (κ1) is 15.9. The summed E-state index contributed by atoms with van der Waals surface area (Å²) in [6, 6.07) is -0.0617.